The van der Waals surface area contributed by atoms with Gasteiger partial charge in [-0.25, -0.2) is 0 Å². The van der Waals surface area contributed by atoms with Gasteiger partial charge in [0.1, 0.15) is 6.67 Å². The van der Waals surface area contributed by atoms with Gasteiger partial charge in [0, 0.05) is 0 Å². The summed E-state index contributed by atoms with van der Waals surface area (Å²) in [5, 5.41) is 0. The molecule has 0 heterocycles. The summed E-state index contributed by atoms with van der Waals surface area (Å²) in [5.41, 5.74) is 0. The second-order valence-corrected chi connectivity index (χ2v) is 2.58. The van der Waals surface area contributed by atoms with Crippen molar-refractivity contribution in [3.63, 3.8) is 0 Å². The third-order valence-electron chi connectivity index (χ3n) is 1.38. The van der Waals surface area contributed by atoms with Gasteiger partial charge in [0.2, 0.25) is 0 Å². The first-order valence-electron chi connectivity index (χ1n) is 3.95. The Kier molecular flexibility index (Phi) is 5.80. The Morgan fingerprint density at radius 2 is 2.27 bits per heavy atom. The van der Waals surface area contributed by atoms with Crippen molar-refractivity contribution in [1.29, 1.82) is 0 Å². The van der Waals surface area contributed by atoms with Gasteiger partial charge in [-0.05, 0) is 13.3 Å². The maximum Gasteiger partial charge on any atom is 0.311 e. The molecule has 0 N–H and O–H groups in total. The maximum absolute atomic E-state index is 11.8. The second-order valence-electron chi connectivity index (χ2n) is 2.58. The Morgan fingerprint density at radius 3 is 2.73 bits per heavy atom. The van der Waals surface area contributed by atoms with Gasteiger partial charge in [-0.2, -0.15) is 0 Å². The van der Waals surface area contributed by atoms with Gasteiger partial charge in [0.15, 0.2) is 0 Å². The first-order valence-corrected chi connectivity index (χ1v) is 3.95. The fourth-order valence-corrected chi connectivity index (χ4v) is 0.522. The molecular formula is C8H15FO2. The summed E-state index contributed by atoms with van der Waals surface area (Å²) in [5.74, 6) is -1.03. The molecule has 0 aliphatic carbocycles. The van der Waals surface area contributed by atoms with Crippen LogP contribution in [-0.4, -0.2) is 19.3 Å². The minimum atomic E-state index is -0.634. The molecule has 0 rings (SSSR count). The number of hydrogen-bond donors (Lipinski definition) is 0. The van der Waals surface area contributed by atoms with E-state index in [1.807, 2.05) is 6.92 Å². The summed E-state index contributed by atoms with van der Waals surface area (Å²) in [6, 6.07) is 0. The number of hydrogen-bond acceptors (Lipinski definition) is 2. The largest absolute Gasteiger partial charge is 0.465 e. The van der Waals surface area contributed by atoms with Crippen LogP contribution in [-0.2, 0) is 9.53 Å². The molecule has 0 bridgehead atoms. The first kappa shape index (κ1) is 10.4. The van der Waals surface area contributed by atoms with Crippen LogP contribution in [0.1, 0.15) is 26.7 Å². The molecular weight excluding hydrogens is 147 g/mol. The Labute approximate surface area is 66.7 Å². The average Bonchev–Trinajstić information content (AvgIpc) is 2.03. The number of rotatable bonds is 5. The first-order chi connectivity index (χ1) is 5.22. The van der Waals surface area contributed by atoms with Crippen molar-refractivity contribution in [1.82, 2.24) is 0 Å². The molecule has 0 spiro atoms. The lowest BCUT2D eigenvalue weighted by atomic mass is 10.2. The third-order valence-corrected chi connectivity index (χ3v) is 1.38. The van der Waals surface area contributed by atoms with Crippen LogP contribution in [0.4, 0.5) is 4.39 Å². The Bertz CT molecular complexity index is 115. The van der Waals surface area contributed by atoms with Gasteiger partial charge in [0.05, 0.1) is 12.5 Å². The van der Waals surface area contributed by atoms with E-state index in [0.717, 1.165) is 12.8 Å². The van der Waals surface area contributed by atoms with Crippen molar-refractivity contribution >= 4 is 5.97 Å². The summed E-state index contributed by atoms with van der Waals surface area (Å²) in [6.07, 6.45) is 1.84. The van der Waals surface area contributed by atoms with E-state index in [0.29, 0.717) is 6.61 Å². The van der Waals surface area contributed by atoms with Crippen molar-refractivity contribution in [2.75, 3.05) is 13.3 Å². The summed E-state index contributed by atoms with van der Waals surface area (Å²) < 4.78 is 16.6. The molecule has 11 heavy (non-hydrogen) atoms. The SMILES string of the molecule is CCCCOC(=O)C(C)CF. The molecule has 0 fully saturated rings. The molecule has 0 aromatic heterocycles. The topological polar surface area (TPSA) is 26.3 Å². The molecule has 0 saturated carbocycles. The Balaban J connectivity index is 3.36. The lowest BCUT2D eigenvalue weighted by Gasteiger charge is -2.06. The lowest BCUT2D eigenvalue weighted by molar-refractivity contribution is -0.148. The van der Waals surface area contributed by atoms with Crippen molar-refractivity contribution in [3.8, 4) is 0 Å². The number of carbonyl (C=O) groups excluding carboxylic acids is 1. The van der Waals surface area contributed by atoms with Crippen LogP contribution >= 0.6 is 0 Å². The molecule has 1 atom stereocenters. The number of alkyl halides is 1. The van der Waals surface area contributed by atoms with Gasteiger partial charge < -0.3 is 4.74 Å². The van der Waals surface area contributed by atoms with Gasteiger partial charge in [0.25, 0.3) is 0 Å². The van der Waals surface area contributed by atoms with Crippen LogP contribution in [0.5, 0.6) is 0 Å². The smallest absolute Gasteiger partial charge is 0.311 e. The minimum Gasteiger partial charge on any atom is -0.465 e. The van der Waals surface area contributed by atoms with Crippen molar-refractivity contribution in [3.05, 3.63) is 0 Å². The standard InChI is InChI=1S/C8H15FO2/c1-3-4-5-11-8(10)7(2)6-9/h7H,3-6H2,1-2H3. The molecule has 0 aromatic carbocycles. The van der Waals surface area contributed by atoms with Crippen LogP contribution in [0.15, 0.2) is 0 Å². The van der Waals surface area contributed by atoms with Gasteiger partial charge >= 0.3 is 5.97 Å². The van der Waals surface area contributed by atoms with E-state index >= 15 is 0 Å². The van der Waals surface area contributed by atoms with Gasteiger partial charge in [-0.3, -0.25) is 9.18 Å². The Hall–Kier alpha value is -0.600. The molecule has 66 valence electrons. The fourth-order valence-electron chi connectivity index (χ4n) is 0.522. The summed E-state index contributed by atoms with van der Waals surface area (Å²) in [7, 11) is 0. The Morgan fingerprint density at radius 1 is 1.64 bits per heavy atom. The molecule has 3 heteroatoms. The van der Waals surface area contributed by atoms with E-state index in [9.17, 15) is 9.18 Å². The summed E-state index contributed by atoms with van der Waals surface area (Å²) in [6.45, 7) is 3.31. The zero-order chi connectivity index (χ0) is 8.69. The zero-order valence-corrected chi connectivity index (χ0v) is 7.10. The van der Waals surface area contributed by atoms with E-state index in [4.69, 9.17) is 4.74 Å². The van der Waals surface area contributed by atoms with Crippen LogP contribution in [0.25, 0.3) is 0 Å². The highest BCUT2D eigenvalue weighted by molar-refractivity contribution is 5.72. The van der Waals surface area contributed by atoms with Crippen LogP contribution < -0.4 is 0 Å². The summed E-state index contributed by atoms with van der Waals surface area (Å²) in [4.78, 5) is 10.8. The van der Waals surface area contributed by atoms with Crippen LogP contribution in [0.2, 0.25) is 0 Å². The molecule has 0 radical (unpaired) electrons. The average molecular weight is 162 g/mol. The van der Waals surface area contributed by atoms with Gasteiger partial charge in [-0.15, -0.1) is 0 Å². The van der Waals surface area contributed by atoms with Crippen molar-refractivity contribution in [2.45, 2.75) is 26.7 Å². The van der Waals surface area contributed by atoms with Crippen LogP contribution in [0.3, 0.4) is 0 Å². The molecule has 1 unspecified atom stereocenters. The van der Waals surface area contributed by atoms with Crippen LogP contribution in [0, 0.1) is 5.92 Å². The normalized spacial score (nSPS) is 12.6. The number of carbonyl (C=O) groups is 1. The molecule has 0 saturated heterocycles. The van der Waals surface area contributed by atoms with E-state index in [1.54, 1.807) is 0 Å². The lowest BCUT2D eigenvalue weighted by Crippen LogP contribution is -2.16. The molecule has 0 aliphatic rings. The fraction of sp³-hybridized carbons (Fsp3) is 0.875. The number of esters is 1. The molecule has 2 nitrogen and oxygen atoms in total. The monoisotopic (exact) mass is 162 g/mol. The van der Waals surface area contributed by atoms with E-state index in [2.05, 4.69) is 0 Å². The molecule has 0 aliphatic heterocycles. The van der Waals surface area contributed by atoms with E-state index < -0.39 is 18.6 Å². The predicted octanol–water partition coefficient (Wildman–Crippen LogP) is 1.94. The second kappa shape index (κ2) is 6.13. The maximum atomic E-state index is 11.8. The molecule has 0 aromatic rings. The zero-order valence-electron chi connectivity index (χ0n) is 7.10. The third kappa shape index (κ3) is 4.76. The number of ether oxygens (including phenoxy) is 1. The highest BCUT2D eigenvalue weighted by atomic mass is 19.1. The van der Waals surface area contributed by atoms with E-state index in [-0.39, 0.29) is 0 Å². The number of unbranched alkanes of at least 4 members (excludes halogenated alkanes) is 1. The quantitative estimate of drug-likeness (QED) is 0.456. The van der Waals surface area contributed by atoms with E-state index in [1.165, 1.54) is 6.92 Å². The highest BCUT2D eigenvalue weighted by Gasteiger charge is 2.12. The number of halogens is 1. The minimum absolute atomic E-state index is 0.416. The summed E-state index contributed by atoms with van der Waals surface area (Å²) >= 11 is 0. The molecule has 0 amide bonds. The highest BCUT2D eigenvalue weighted by Crippen LogP contribution is 2.00. The van der Waals surface area contributed by atoms with Gasteiger partial charge in [-0.1, -0.05) is 13.3 Å². The van der Waals surface area contributed by atoms with Crippen molar-refractivity contribution < 1.29 is 13.9 Å². The van der Waals surface area contributed by atoms with Crippen molar-refractivity contribution in [2.24, 2.45) is 5.92 Å². The predicted molar refractivity (Wildman–Crippen MR) is 41.0 cm³/mol.